The molecule has 2 N–H and O–H groups in total. The molecule has 0 spiro atoms. The van der Waals surface area contributed by atoms with Gasteiger partial charge in [-0.05, 0) is 48.6 Å². The van der Waals surface area contributed by atoms with Gasteiger partial charge in [0.2, 0.25) is 10.0 Å². The van der Waals surface area contributed by atoms with Crippen LogP contribution in [0.5, 0.6) is 0 Å². The van der Waals surface area contributed by atoms with Gasteiger partial charge in [0.25, 0.3) is 0 Å². The quantitative estimate of drug-likeness (QED) is 0.736. The van der Waals surface area contributed by atoms with Gasteiger partial charge >= 0.3 is 6.03 Å². The predicted molar refractivity (Wildman–Crippen MR) is 111 cm³/mol. The molecule has 0 bridgehead atoms. The number of carbonyl (C=O) groups is 1. The molecule has 0 radical (unpaired) electrons. The molecule has 0 aliphatic heterocycles. The summed E-state index contributed by atoms with van der Waals surface area (Å²) in [5, 5.41) is 5.77. The first-order valence-corrected chi connectivity index (χ1v) is 10.9. The van der Waals surface area contributed by atoms with Crippen molar-refractivity contribution >= 4 is 21.7 Å². The number of urea groups is 1. The molecule has 1 fully saturated rings. The number of hydrogen-bond acceptors (Lipinski definition) is 3. The Labute approximate surface area is 167 Å². The number of carbonyl (C=O) groups excluding carboxylic acids is 1. The molecular formula is C21H27N3O3S. The average Bonchev–Trinajstić information content (AvgIpc) is 3.51. The highest BCUT2D eigenvalue weighted by Gasteiger charge is 2.34. The Morgan fingerprint density at radius 2 is 1.64 bits per heavy atom. The number of nitrogens with one attached hydrogen (secondary N) is 2. The summed E-state index contributed by atoms with van der Waals surface area (Å²) in [6.07, 6.45) is 1.82. The highest BCUT2D eigenvalue weighted by molar-refractivity contribution is 7.89. The van der Waals surface area contributed by atoms with E-state index in [1.807, 2.05) is 44.2 Å². The predicted octanol–water partition coefficient (Wildman–Crippen LogP) is 3.99. The van der Waals surface area contributed by atoms with Crippen molar-refractivity contribution in [1.29, 1.82) is 0 Å². The van der Waals surface area contributed by atoms with E-state index in [0.717, 1.165) is 18.4 Å². The first-order valence-electron chi connectivity index (χ1n) is 9.49. The molecule has 150 valence electrons. The molecule has 0 aromatic heterocycles. The molecular weight excluding hydrogens is 374 g/mol. The van der Waals surface area contributed by atoms with E-state index in [-0.39, 0.29) is 28.9 Å². The third-order valence-corrected chi connectivity index (χ3v) is 6.89. The standard InChI is InChI=1S/C21H27N3O3S/c1-15(2)20(16-7-5-4-6-8-16)23-21(25)22-17-9-13-19(14-10-17)28(26,27)24(3)18-11-12-18/h4-10,13-15,18,20H,11-12H2,1-3H3,(H2,22,23,25). The molecule has 2 amide bonds. The van der Waals surface area contributed by atoms with Crippen LogP contribution in [-0.2, 0) is 10.0 Å². The monoisotopic (exact) mass is 401 g/mol. The topological polar surface area (TPSA) is 78.5 Å². The summed E-state index contributed by atoms with van der Waals surface area (Å²) < 4.78 is 26.5. The van der Waals surface area contributed by atoms with Gasteiger partial charge in [0.15, 0.2) is 0 Å². The van der Waals surface area contributed by atoms with Gasteiger partial charge in [-0.15, -0.1) is 0 Å². The second kappa shape index (κ2) is 8.32. The minimum absolute atomic E-state index is 0.111. The lowest BCUT2D eigenvalue weighted by atomic mass is 9.96. The second-order valence-corrected chi connectivity index (χ2v) is 9.51. The van der Waals surface area contributed by atoms with Gasteiger partial charge in [-0.1, -0.05) is 44.2 Å². The number of hydrogen-bond donors (Lipinski definition) is 2. The van der Waals surface area contributed by atoms with Crippen molar-refractivity contribution in [2.24, 2.45) is 5.92 Å². The van der Waals surface area contributed by atoms with Gasteiger partial charge in [-0.2, -0.15) is 4.31 Å². The summed E-state index contributed by atoms with van der Waals surface area (Å²) in [5.74, 6) is 0.221. The smallest absolute Gasteiger partial charge is 0.319 e. The maximum Gasteiger partial charge on any atom is 0.319 e. The molecule has 0 saturated heterocycles. The van der Waals surface area contributed by atoms with Crippen LogP contribution in [0.2, 0.25) is 0 Å². The Morgan fingerprint density at radius 3 is 2.18 bits per heavy atom. The third-order valence-electron chi connectivity index (χ3n) is 4.96. The van der Waals surface area contributed by atoms with Crippen molar-refractivity contribution in [3.05, 3.63) is 60.2 Å². The van der Waals surface area contributed by atoms with Crippen LogP contribution in [0.1, 0.15) is 38.3 Å². The van der Waals surface area contributed by atoms with Crippen molar-refractivity contribution in [2.75, 3.05) is 12.4 Å². The number of nitrogens with zero attached hydrogens (tertiary/aromatic N) is 1. The van der Waals surface area contributed by atoms with E-state index in [1.165, 1.54) is 16.4 Å². The number of benzene rings is 2. The molecule has 1 atom stereocenters. The zero-order valence-corrected chi connectivity index (χ0v) is 17.2. The van der Waals surface area contributed by atoms with E-state index in [9.17, 15) is 13.2 Å². The highest BCUT2D eigenvalue weighted by atomic mass is 32.2. The highest BCUT2D eigenvalue weighted by Crippen LogP contribution is 2.30. The molecule has 3 rings (SSSR count). The number of amides is 2. The number of rotatable bonds is 7. The summed E-state index contributed by atoms with van der Waals surface area (Å²) in [4.78, 5) is 12.7. The fourth-order valence-corrected chi connectivity index (χ4v) is 4.53. The minimum Gasteiger partial charge on any atom is -0.331 e. The molecule has 6 nitrogen and oxygen atoms in total. The summed E-state index contributed by atoms with van der Waals surface area (Å²) in [6, 6.07) is 15.8. The van der Waals surface area contributed by atoms with Crippen LogP contribution in [0, 0.1) is 5.92 Å². The first-order chi connectivity index (χ1) is 13.3. The largest absolute Gasteiger partial charge is 0.331 e. The summed E-state index contributed by atoms with van der Waals surface area (Å²) in [7, 11) is -1.87. The molecule has 1 saturated carbocycles. The molecule has 1 aliphatic carbocycles. The Kier molecular flexibility index (Phi) is 6.05. The maximum absolute atomic E-state index is 12.6. The van der Waals surface area contributed by atoms with E-state index in [4.69, 9.17) is 0 Å². The van der Waals surface area contributed by atoms with Crippen LogP contribution >= 0.6 is 0 Å². The third kappa shape index (κ3) is 4.72. The fraction of sp³-hybridized carbons (Fsp3) is 0.381. The Bertz CT molecular complexity index is 908. The molecule has 0 heterocycles. The minimum atomic E-state index is -3.48. The van der Waals surface area contributed by atoms with Crippen molar-refractivity contribution in [3.63, 3.8) is 0 Å². The first kappa shape index (κ1) is 20.4. The molecule has 7 heteroatoms. The Hall–Kier alpha value is -2.38. The number of anilines is 1. The molecule has 28 heavy (non-hydrogen) atoms. The van der Waals surface area contributed by atoms with Gasteiger partial charge in [-0.3, -0.25) is 0 Å². The van der Waals surface area contributed by atoms with Crippen LogP contribution in [0.15, 0.2) is 59.5 Å². The van der Waals surface area contributed by atoms with Crippen molar-refractivity contribution in [1.82, 2.24) is 9.62 Å². The average molecular weight is 402 g/mol. The lowest BCUT2D eigenvalue weighted by Gasteiger charge is -2.23. The van der Waals surface area contributed by atoms with Crippen LogP contribution in [0.25, 0.3) is 0 Å². The van der Waals surface area contributed by atoms with E-state index < -0.39 is 10.0 Å². The van der Waals surface area contributed by atoms with Crippen LogP contribution in [-0.4, -0.2) is 31.8 Å². The summed E-state index contributed by atoms with van der Waals surface area (Å²) >= 11 is 0. The van der Waals surface area contributed by atoms with Crippen molar-refractivity contribution in [3.8, 4) is 0 Å². The molecule has 1 unspecified atom stereocenters. The van der Waals surface area contributed by atoms with Crippen molar-refractivity contribution < 1.29 is 13.2 Å². The fourth-order valence-electron chi connectivity index (χ4n) is 3.11. The van der Waals surface area contributed by atoms with Gasteiger partial charge in [0.1, 0.15) is 0 Å². The zero-order valence-electron chi connectivity index (χ0n) is 16.4. The molecule has 2 aromatic carbocycles. The maximum atomic E-state index is 12.6. The van der Waals surface area contributed by atoms with Crippen LogP contribution < -0.4 is 10.6 Å². The van der Waals surface area contributed by atoms with Crippen LogP contribution in [0.3, 0.4) is 0 Å². The summed E-state index contributed by atoms with van der Waals surface area (Å²) in [5.41, 5.74) is 1.58. The molecule has 2 aromatic rings. The summed E-state index contributed by atoms with van der Waals surface area (Å²) in [6.45, 7) is 4.10. The lowest BCUT2D eigenvalue weighted by Crippen LogP contribution is -2.35. The van der Waals surface area contributed by atoms with Gasteiger partial charge in [0, 0.05) is 18.8 Å². The zero-order chi connectivity index (χ0) is 20.3. The number of sulfonamides is 1. The van der Waals surface area contributed by atoms with Gasteiger partial charge < -0.3 is 10.6 Å². The van der Waals surface area contributed by atoms with E-state index in [2.05, 4.69) is 10.6 Å². The molecule has 1 aliphatic rings. The van der Waals surface area contributed by atoms with Gasteiger partial charge in [0.05, 0.1) is 10.9 Å². The normalized spacial score (nSPS) is 15.5. The Balaban J connectivity index is 1.65. The van der Waals surface area contributed by atoms with E-state index >= 15 is 0 Å². The van der Waals surface area contributed by atoms with Gasteiger partial charge in [-0.25, -0.2) is 13.2 Å². The van der Waals surface area contributed by atoms with Crippen molar-refractivity contribution in [2.45, 2.75) is 43.7 Å². The van der Waals surface area contributed by atoms with E-state index in [0.29, 0.717) is 5.69 Å². The lowest BCUT2D eigenvalue weighted by molar-refractivity contribution is 0.244. The van der Waals surface area contributed by atoms with E-state index in [1.54, 1.807) is 19.2 Å². The Morgan fingerprint density at radius 1 is 1.04 bits per heavy atom. The SMILES string of the molecule is CC(C)C(NC(=O)Nc1ccc(S(=O)(=O)N(C)C2CC2)cc1)c1ccccc1. The second-order valence-electron chi connectivity index (χ2n) is 7.51. The van der Waals surface area contributed by atoms with Crippen LogP contribution in [0.4, 0.5) is 10.5 Å².